The van der Waals surface area contributed by atoms with E-state index in [2.05, 4.69) is 11.9 Å². The maximum absolute atomic E-state index is 11.7. The first kappa shape index (κ1) is 15.2. The van der Waals surface area contributed by atoms with Crippen LogP contribution >= 0.6 is 0 Å². The Morgan fingerprint density at radius 2 is 2.06 bits per heavy atom. The van der Waals surface area contributed by atoms with Crippen LogP contribution in [0.1, 0.15) is 45.4 Å². The first-order chi connectivity index (χ1) is 8.52. The van der Waals surface area contributed by atoms with Gasteiger partial charge in [0.1, 0.15) is 0 Å². The van der Waals surface area contributed by atoms with Crippen molar-refractivity contribution < 1.29 is 14.6 Å². The smallest absolute Gasteiger partial charge is 0.222 e. The maximum Gasteiger partial charge on any atom is 0.222 e. The third kappa shape index (κ3) is 6.17. The number of rotatable bonds is 7. The lowest BCUT2D eigenvalue weighted by Gasteiger charge is -2.31. The van der Waals surface area contributed by atoms with Crippen LogP contribution in [-0.4, -0.2) is 36.4 Å². The second-order valence-electron chi connectivity index (χ2n) is 5.32. The molecule has 0 atom stereocenters. The molecule has 1 fully saturated rings. The van der Waals surface area contributed by atoms with Gasteiger partial charge in [-0.25, -0.2) is 0 Å². The number of ether oxygens (including phenoxy) is 1. The number of hydrogen-bond donors (Lipinski definition) is 2. The Morgan fingerprint density at radius 3 is 2.67 bits per heavy atom. The van der Waals surface area contributed by atoms with Gasteiger partial charge in [-0.05, 0) is 19.8 Å². The number of carbonyl (C=O) groups excluding carboxylic acids is 1. The van der Waals surface area contributed by atoms with Crippen LogP contribution in [0.25, 0.3) is 0 Å². The zero-order chi connectivity index (χ0) is 13.4. The number of carbonyl (C=O) groups is 1. The predicted molar refractivity (Wildman–Crippen MR) is 71.3 cm³/mol. The molecule has 0 aromatic carbocycles. The highest BCUT2D eigenvalue weighted by molar-refractivity contribution is 5.77. The molecule has 0 unspecified atom stereocenters. The zero-order valence-electron chi connectivity index (χ0n) is 11.3. The lowest BCUT2D eigenvalue weighted by atomic mass is 9.82. The van der Waals surface area contributed by atoms with Crippen LogP contribution in [-0.2, 0) is 9.53 Å². The molecular weight excluding hydrogens is 230 g/mol. The van der Waals surface area contributed by atoms with Crippen molar-refractivity contribution in [2.45, 2.75) is 51.0 Å². The van der Waals surface area contributed by atoms with Gasteiger partial charge in [0.2, 0.25) is 5.91 Å². The summed E-state index contributed by atoms with van der Waals surface area (Å²) in [6, 6.07) is 0. The van der Waals surface area contributed by atoms with Crippen molar-refractivity contribution in [3.63, 3.8) is 0 Å². The molecule has 0 bridgehead atoms. The summed E-state index contributed by atoms with van der Waals surface area (Å²) >= 11 is 0. The molecule has 0 heterocycles. The Balaban J connectivity index is 2.11. The molecule has 1 amide bonds. The van der Waals surface area contributed by atoms with E-state index in [9.17, 15) is 9.90 Å². The van der Waals surface area contributed by atoms with Gasteiger partial charge in [-0.15, -0.1) is 0 Å². The van der Waals surface area contributed by atoms with Gasteiger partial charge in [0.15, 0.2) is 0 Å². The van der Waals surface area contributed by atoms with Crippen LogP contribution in [0, 0.1) is 0 Å². The SMILES string of the molecule is C=C(C)COCCNC(=O)CC1(O)CCCCC1. The van der Waals surface area contributed by atoms with Gasteiger partial charge in [-0.2, -0.15) is 0 Å². The van der Waals surface area contributed by atoms with Crippen molar-refractivity contribution in [3.05, 3.63) is 12.2 Å². The van der Waals surface area contributed by atoms with Crippen molar-refractivity contribution >= 4 is 5.91 Å². The Hall–Kier alpha value is -0.870. The minimum Gasteiger partial charge on any atom is -0.389 e. The molecular formula is C14H25NO3. The maximum atomic E-state index is 11.7. The normalized spacial score (nSPS) is 18.3. The van der Waals surface area contributed by atoms with E-state index in [0.717, 1.165) is 31.3 Å². The van der Waals surface area contributed by atoms with E-state index in [4.69, 9.17) is 4.74 Å². The fourth-order valence-electron chi connectivity index (χ4n) is 2.26. The number of nitrogens with one attached hydrogen (secondary N) is 1. The monoisotopic (exact) mass is 255 g/mol. The van der Waals surface area contributed by atoms with Crippen molar-refractivity contribution in [2.24, 2.45) is 0 Å². The number of amides is 1. The molecule has 0 spiro atoms. The highest BCUT2D eigenvalue weighted by atomic mass is 16.5. The van der Waals surface area contributed by atoms with Crippen molar-refractivity contribution in [1.82, 2.24) is 5.32 Å². The van der Waals surface area contributed by atoms with E-state index in [1.54, 1.807) is 0 Å². The van der Waals surface area contributed by atoms with Gasteiger partial charge in [0, 0.05) is 6.54 Å². The minimum atomic E-state index is -0.777. The van der Waals surface area contributed by atoms with E-state index in [-0.39, 0.29) is 12.3 Å². The summed E-state index contributed by atoms with van der Waals surface area (Å²) in [7, 11) is 0. The average molecular weight is 255 g/mol. The fourth-order valence-corrected chi connectivity index (χ4v) is 2.26. The van der Waals surface area contributed by atoms with Crippen molar-refractivity contribution in [2.75, 3.05) is 19.8 Å². The van der Waals surface area contributed by atoms with E-state index in [1.807, 2.05) is 6.92 Å². The fraction of sp³-hybridized carbons (Fsp3) is 0.786. The molecule has 1 aliphatic carbocycles. The highest BCUT2D eigenvalue weighted by Crippen LogP contribution is 2.30. The molecule has 1 aliphatic rings. The molecule has 0 radical (unpaired) electrons. The Bertz CT molecular complexity index is 283. The molecule has 18 heavy (non-hydrogen) atoms. The summed E-state index contributed by atoms with van der Waals surface area (Å²) < 4.78 is 5.28. The first-order valence-electron chi connectivity index (χ1n) is 6.73. The summed E-state index contributed by atoms with van der Waals surface area (Å²) in [5.41, 5.74) is 0.193. The molecule has 4 heteroatoms. The van der Waals surface area contributed by atoms with Gasteiger partial charge in [-0.3, -0.25) is 4.79 Å². The van der Waals surface area contributed by atoms with Gasteiger partial charge >= 0.3 is 0 Å². The third-order valence-electron chi connectivity index (χ3n) is 3.19. The van der Waals surface area contributed by atoms with Crippen molar-refractivity contribution in [1.29, 1.82) is 0 Å². The Morgan fingerprint density at radius 1 is 1.39 bits per heavy atom. The van der Waals surface area contributed by atoms with E-state index in [1.165, 1.54) is 6.42 Å². The summed E-state index contributed by atoms with van der Waals surface area (Å²) in [5.74, 6) is -0.0849. The van der Waals surface area contributed by atoms with Crippen LogP contribution in [0.4, 0.5) is 0 Å². The van der Waals surface area contributed by atoms with Crippen LogP contribution < -0.4 is 5.32 Å². The predicted octanol–water partition coefficient (Wildman–Crippen LogP) is 1.78. The molecule has 1 saturated carbocycles. The highest BCUT2D eigenvalue weighted by Gasteiger charge is 2.31. The molecule has 0 saturated heterocycles. The van der Waals surface area contributed by atoms with Gasteiger partial charge in [0.05, 0.1) is 25.2 Å². The van der Waals surface area contributed by atoms with Crippen LogP contribution in [0.5, 0.6) is 0 Å². The van der Waals surface area contributed by atoms with E-state index in [0.29, 0.717) is 19.8 Å². The molecule has 2 N–H and O–H groups in total. The lowest BCUT2D eigenvalue weighted by Crippen LogP contribution is -2.39. The van der Waals surface area contributed by atoms with E-state index < -0.39 is 5.60 Å². The molecule has 104 valence electrons. The molecule has 0 aliphatic heterocycles. The summed E-state index contributed by atoms with van der Waals surface area (Å²) in [5, 5.41) is 13.0. The lowest BCUT2D eigenvalue weighted by molar-refractivity contribution is -0.127. The quantitative estimate of drug-likeness (QED) is 0.538. The molecule has 0 aromatic rings. The molecule has 1 rings (SSSR count). The summed E-state index contributed by atoms with van der Waals surface area (Å²) in [6.45, 7) is 7.13. The Labute approximate surface area is 109 Å². The van der Waals surface area contributed by atoms with Gasteiger partial charge < -0.3 is 15.2 Å². The van der Waals surface area contributed by atoms with Gasteiger partial charge in [0.25, 0.3) is 0 Å². The third-order valence-corrected chi connectivity index (χ3v) is 3.19. The zero-order valence-corrected chi connectivity index (χ0v) is 11.3. The number of hydrogen-bond acceptors (Lipinski definition) is 3. The summed E-state index contributed by atoms with van der Waals surface area (Å²) in [4.78, 5) is 11.7. The van der Waals surface area contributed by atoms with Crippen LogP contribution in [0.3, 0.4) is 0 Å². The van der Waals surface area contributed by atoms with Crippen LogP contribution in [0.15, 0.2) is 12.2 Å². The second-order valence-corrected chi connectivity index (χ2v) is 5.32. The van der Waals surface area contributed by atoms with E-state index >= 15 is 0 Å². The second kappa shape index (κ2) is 7.54. The Kier molecular flexibility index (Phi) is 6.36. The largest absolute Gasteiger partial charge is 0.389 e. The molecule has 0 aromatic heterocycles. The standard InChI is InChI=1S/C14H25NO3/c1-12(2)11-18-9-8-15-13(16)10-14(17)6-4-3-5-7-14/h17H,1,3-11H2,2H3,(H,15,16). The summed E-state index contributed by atoms with van der Waals surface area (Å²) in [6.07, 6.45) is 4.91. The van der Waals surface area contributed by atoms with Gasteiger partial charge in [-0.1, -0.05) is 31.4 Å². The number of aliphatic hydroxyl groups is 1. The first-order valence-corrected chi connectivity index (χ1v) is 6.73. The van der Waals surface area contributed by atoms with Crippen molar-refractivity contribution in [3.8, 4) is 0 Å². The molecule has 4 nitrogen and oxygen atoms in total. The average Bonchev–Trinajstić information content (AvgIpc) is 2.28. The minimum absolute atomic E-state index is 0.0849. The topological polar surface area (TPSA) is 58.6 Å². The van der Waals surface area contributed by atoms with Crippen LogP contribution in [0.2, 0.25) is 0 Å².